The smallest absolute Gasteiger partial charge is 0.339 e. The number of esters is 1. The van der Waals surface area contributed by atoms with Gasteiger partial charge >= 0.3 is 5.97 Å². The fourth-order valence-electron chi connectivity index (χ4n) is 3.46. The molecule has 2 aromatic rings. The minimum absolute atomic E-state index is 0.0445. The van der Waals surface area contributed by atoms with Crippen LogP contribution in [0.1, 0.15) is 47.2 Å². The van der Waals surface area contributed by atoms with Crippen LogP contribution in [0.5, 0.6) is 0 Å². The predicted octanol–water partition coefficient (Wildman–Crippen LogP) is 3.67. The van der Waals surface area contributed by atoms with Crippen LogP contribution in [0.4, 0.5) is 10.2 Å². The SMILES string of the molecule is COC(=O)c1cnc(NCCN2CCCC2)c(C(C)c2ccc(F)cc2)c1. The van der Waals surface area contributed by atoms with Gasteiger partial charge in [-0.25, -0.2) is 14.2 Å². The molecule has 0 aliphatic carbocycles. The normalized spacial score (nSPS) is 15.5. The number of rotatable bonds is 7. The second-order valence-electron chi connectivity index (χ2n) is 6.90. The third kappa shape index (κ3) is 4.83. The van der Waals surface area contributed by atoms with E-state index in [2.05, 4.69) is 15.2 Å². The van der Waals surface area contributed by atoms with Crippen molar-refractivity contribution >= 4 is 11.8 Å². The van der Waals surface area contributed by atoms with Gasteiger partial charge in [0.15, 0.2) is 0 Å². The monoisotopic (exact) mass is 371 g/mol. The van der Waals surface area contributed by atoms with Crippen LogP contribution < -0.4 is 5.32 Å². The van der Waals surface area contributed by atoms with Gasteiger partial charge in [-0.1, -0.05) is 19.1 Å². The first-order valence-electron chi connectivity index (χ1n) is 9.38. The van der Waals surface area contributed by atoms with E-state index >= 15 is 0 Å². The van der Waals surface area contributed by atoms with Gasteiger partial charge in [0.25, 0.3) is 0 Å². The van der Waals surface area contributed by atoms with E-state index in [1.165, 1.54) is 38.3 Å². The summed E-state index contributed by atoms with van der Waals surface area (Å²) in [6, 6.07) is 8.23. The first-order valence-corrected chi connectivity index (χ1v) is 9.38. The quantitative estimate of drug-likeness (QED) is 0.753. The molecule has 1 aliphatic rings. The van der Waals surface area contributed by atoms with Gasteiger partial charge in [-0.05, 0) is 49.7 Å². The van der Waals surface area contributed by atoms with E-state index in [4.69, 9.17) is 4.74 Å². The van der Waals surface area contributed by atoms with Gasteiger partial charge in [0.2, 0.25) is 0 Å². The summed E-state index contributed by atoms with van der Waals surface area (Å²) in [7, 11) is 1.35. The summed E-state index contributed by atoms with van der Waals surface area (Å²) in [6.07, 6.45) is 4.06. The maximum atomic E-state index is 13.3. The molecule has 1 fully saturated rings. The number of carbonyl (C=O) groups excluding carboxylic acids is 1. The first kappa shape index (κ1) is 19.3. The molecule has 1 aliphatic heterocycles. The molecular weight excluding hydrogens is 345 g/mol. The van der Waals surface area contributed by atoms with Gasteiger partial charge in [-0.15, -0.1) is 0 Å². The Morgan fingerprint density at radius 3 is 2.67 bits per heavy atom. The Morgan fingerprint density at radius 2 is 2.00 bits per heavy atom. The Bertz CT molecular complexity index is 773. The predicted molar refractivity (Wildman–Crippen MR) is 104 cm³/mol. The summed E-state index contributed by atoms with van der Waals surface area (Å²) in [5, 5.41) is 3.41. The van der Waals surface area contributed by atoms with E-state index in [9.17, 15) is 9.18 Å². The molecule has 1 atom stereocenters. The van der Waals surface area contributed by atoms with Crippen molar-refractivity contribution in [2.45, 2.75) is 25.7 Å². The van der Waals surface area contributed by atoms with Crippen LogP contribution >= 0.6 is 0 Å². The van der Waals surface area contributed by atoms with Crippen LogP contribution in [-0.2, 0) is 4.74 Å². The Kier molecular flexibility index (Phi) is 6.40. The number of hydrogen-bond acceptors (Lipinski definition) is 5. The van der Waals surface area contributed by atoms with Gasteiger partial charge in [0.05, 0.1) is 12.7 Å². The number of anilines is 1. The minimum atomic E-state index is -0.418. The molecule has 0 spiro atoms. The van der Waals surface area contributed by atoms with Crippen LogP contribution in [0.2, 0.25) is 0 Å². The second kappa shape index (κ2) is 8.95. The molecule has 27 heavy (non-hydrogen) atoms. The number of likely N-dealkylation sites (tertiary alicyclic amines) is 1. The van der Waals surface area contributed by atoms with Gasteiger partial charge in [-0.2, -0.15) is 0 Å². The number of methoxy groups -OCH3 is 1. The number of aromatic nitrogens is 1. The van der Waals surface area contributed by atoms with E-state index in [1.807, 2.05) is 13.0 Å². The van der Waals surface area contributed by atoms with Crippen molar-refractivity contribution < 1.29 is 13.9 Å². The van der Waals surface area contributed by atoms with Crippen molar-refractivity contribution in [3.63, 3.8) is 0 Å². The van der Waals surface area contributed by atoms with Crippen molar-refractivity contribution in [3.8, 4) is 0 Å². The molecule has 1 unspecified atom stereocenters. The standard InChI is InChI=1S/C21H26FN3O2/c1-15(16-5-7-18(22)8-6-16)19-13-17(21(26)27-2)14-24-20(19)23-9-12-25-10-3-4-11-25/h5-8,13-15H,3-4,9-12H2,1-2H3,(H,23,24). The van der Waals surface area contributed by atoms with Crippen molar-refractivity contribution in [1.82, 2.24) is 9.88 Å². The van der Waals surface area contributed by atoms with Crippen LogP contribution in [0.3, 0.4) is 0 Å². The fraction of sp³-hybridized carbons (Fsp3) is 0.429. The largest absolute Gasteiger partial charge is 0.465 e. The molecule has 3 rings (SSSR count). The Morgan fingerprint density at radius 1 is 1.30 bits per heavy atom. The average Bonchev–Trinajstić information content (AvgIpc) is 3.21. The molecule has 144 valence electrons. The van der Waals surface area contributed by atoms with E-state index in [-0.39, 0.29) is 11.7 Å². The zero-order chi connectivity index (χ0) is 19.2. The second-order valence-corrected chi connectivity index (χ2v) is 6.90. The highest BCUT2D eigenvalue weighted by Crippen LogP contribution is 2.30. The lowest BCUT2D eigenvalue weighted by atomic mass is 9.92. The third-order valence-electron chi connectivity index (χ3n) is 5.09. The number of pyridine rings is 1. The average molecular weight is 371 g/mol. The van der Waals surface area contributed by atoms with E-state index in [0.717, 1.165) is 43.1 Å². The molecule has 5 nitrogen and oxygen atoms in total. The van der Waals surface area contributed by atoms with Crippen molar-refractivity contribution in [2.75, 3.05) is 38.6 Å². The number of nitrogens with zero attached hydrogens (tertiary/aromatic N) is 2. The number of benzene rings is 1. The lowest BCUT2D eigenvalue weighted by Crippen LogP contribution is -2.26. The van der Waals surface area contributed by atoms with Gasteiger partial charge in [0, 0.05) is 30.8 Å². The number of nitrogens with one attached hydrogen (secondary N) is 1. The summed E-state index contributed by atoms with van der Waals surface area (Å²) in [4.78, 5) is 18.8. The summed E-state index contributed by atoms with van der Waals surface area (Å²) in [6.45, 7) is 6.07. The van der Waals surface area contributed by atoms with Gasteiger partial charge < -0.3 is 15.0 Å². The minimum Gasteiger partial charge on any atom is -0.465 e. The Hall–Kier alpha value is -2.47. The molecule has 1 aromatic heterocycles. The molecule has 1 saturated heterocycles. The molecule has 0 radical (unpaired) electrons. The number of halogens is 1. The molecule has 0 amide bonds. The molecule has 6 heteroatoms. The summed E-state index contributed by atoms with van der Waals surface area (Å²) in [5.74, 6) is 0.0192. The maximum absolute atomic E-state index is 13.3. The Labute approximate surface area is 159 Å². The number of carbonyl (C=O) groups is 1. The molecule has 1 N–H and O–H groups in total. The zero-order valence-electron chi connectivity index (χ0n) is 15.9. The first-order chi connectivity index (χ1) is 13.1. The summed E-state index contributed by atoms with van der Waals surface area (Å²) >= 11 is 0. The van der Waals surface area contributed by atoms with Crippen molar-refractivity contribution in [2.24, 2.45) is 0 Å². The highest BCUT2D eigenvalue weighted by Gasteiger charge is 2.18. The van der Waals surface area contributed by atoms with E-state index < -0.39 is 5.97 Å². The highest BCUT2D eigenvalue weighted by molar-refractivity contribution is 5.89. The van der Waals surface area contributed by atoms with Crippen LogP contribution in [0.25, 0.3) is 0 Å². The van der Waals surface area contributed by atoms with Gasteiger partial charge in [0.1, 0.15) is 11.6 Å². The summed E-state index contributed by atoms with van der Waals surface area (Å²) in [5.41, 5.74) is 2.26. The van der Waals surface area contributed by atoms with E-state index in [0.29, 0.717) is 5.56 Å². The summed E-state index contributed by atoms with van der Waals surface area (Å²) < 4.78 is 18.1. The molecular formula is C21H26FN3O2. The number of hydrogen-bond donors (Lipinski definition) is 1. The Balaban J connectivity index is 1.82. The van der Waals surface area contributed by atoms with Crippen LogP contribution in [0, 0.1) is 5.82 Å². The van der Waals surface area contributed by atoms with Crippen LogP contribution in [0.15, 0.2) is 36.5 Å². The molecule has 0 bridgehead atoms. The topological polar surface area (TPSA) is 54.5 Å². The van der Waals surface area contributed by atoms with Gasteiger partial charge in [-0.3, -0.25) is 0 Å². The molecule has 0 saturated carbocycles. The van der Waals surface area contributed by atoms with E-state index in [1.54, 1.807) is 12.1 Å². The van der Waals surface area contributed by atoms with Crippen LogP contribution in [-0.4, -0.2) is 49.1 Å². The molecule has 1 aromatic carbocycles. The van der Waals surface area contributed by atoms with Crippen molar-refractivity contribution in [1.29, 1.82) is 0 Å². The number of ether oxygens (including phenoxy) is 1. The highest BCUT2D eigenvalue weighted by atomic mass is 19.1. The fourth-order valence-corrected chi connectivity index (χ4v) is 3.46. The maximum Gasteiger partial charge on any atom is 0.339 e. The van der Waals surface area contributed by atoms with Crippen molar-refractivity contribution in [3.05, 3.63) is 59.0 Å². The lowest BCUT2D eigenvalue weighted by molar-refractivity contribution is 0.0600. The molecule has 2 heterocycles. The third-order valence-corrected chi connectivity index (χ3v) is 5.09. The lowest BCUT2D eigenvalue weighted by Gasteiger charge is -2.20. The zero-order valence-corrected chi connectivity index (χ0v) is 15.9.